The first-order chi connectivity index (χ1) is 14.8. The van der Waals surface area contributed by atoms with E-state index in [2.05, 4.69) is 20.4 Å². The third-order valence-corrected chi connectivity index (χ3v) is 5.59. The van der Waals surface area contributed by atoms with Crippen molar-refractivity contribution >= 4 is 34.4 Å². The number of carbonyl (C=O) groups is 1. The maximum absolute atomic E-state index is 13.2. The van der Waals surface area contributed by atoms with Crippen molar-refractivity contribution in [1.82, 2.24) is 19.7 Å². The highest BCUT2D eigenvalue weighted by atomic mass is 32.2. The number of fused-ring (bicyclic) bond motifs is 1. The van der Waals surface area contributed by atoms with Gasteiger partial charge in [0.1, 0.15) is 11.4 Å². The van der Waals surface area contributed by atoms with Crippen LogP contribution < -0.4 is 5.32 Å². The zero-order valence-corrected chi connectivity index (χ0v) is 17.0. The minimum Gasteiger partial charge on any atom is -0.325 e. The zero-order valence-electron chi connectivity index (χ0n) is 16.2. The Morgan fingerprint density at radius 2 is 1.77 bits per heavy atom. The monoisotopic (exact) mass is 443 g/mol. The molecule has 31 heavy (non-hydrogen) atoms. The Balaban J connectivity index is 1.56. The molecule has 0 bridgehead atoms. The number of hydrogen-bond donors (Lipinski definition) is 1. The summed E-state index contributed by atoms with van der Waals surface area (Å²) in [5, 5.41) is 7.18. The van der Waals surface area contributed by atoms with Gasteiger partial charge in [0, 0.05) is 0 Å². The molecule has 4 rings (SSSR count). The average Bonchev–Trinajstić information content (AvgIpc) is 3.19. The minimum atomic E-state index is -4.56. The number of aromatic nitrogens is 4. The third-order valence-electron chi connectivity index (χ3n) is 4.48. The van der Waals surface area contributed by atoms with Crippen LogP contribution in [0.4, 0.5) is 18.9 Å². The molecule has 0 saturated heterocycles. The first-order valence-corrected chi connectivity index (χ1v) is 10.1. The van der Waals surface area contributed by atoms with Crippen molar-refractivity contribution in [3.63, 3.8) is 0 Å². The Labute approximate surface area is 179 Å². The van der Waals surface area contributed by atoms with Gasteiger partial charge in [-0.2, -0.15) is 18.3 Å². The fourth-order valence-electron chi connectivity index (χ4n) is 2.97. The maximum Gasteiger partial charge on any atom is 0.418 e. The molecule has 0 aliphatic carbocycles. The van der Waals surface area contributed by atoms with Crippen LogP contribution in [0.5, 0.6) is 0 Å². The lowest BCUT2D eigenvalue weighted by atomic mass is 10.1. The van der Waals surface area contributed by atoms with Crippen LogP contribution in [0.25, 0.3) is 16.7 Å². The van der Waals surface area contributed by atoms with Gasteiger partial charge in [0.25, 0.3) is 0 Å². The SMILES string of the molecule is CC(Sc1ncnc2c1cnn2-c1ccccc1)C(=O)Nc1ccccc1C(F)(F)F. The maximum atomic E-state index is 13.2. The number of rotatable bonds is 5. The van der Waals surface area contributed by atoms with E-state index in [-0.39, 0.29) is 5.69 Å². The summed E-state index contributed by atoms with van der Waals surface area (Å²) >= 11 is 1.12. The quantitative estimate of drug-likeness (QED) is 0.349. The number of anilines is 1. The van der Waals surface area contributed by atoms with Gasteiger partial charge in [-0.05, 0) is 31.2 Å². The van der Waals surface area contributed by atoms with Crippen molar-refractivity contribution in [2.75, 3.05) is 5.32 Å². The fourth-order valence-corrected chi connectivity index (χ4v) is 3.85. The van der Waals surface area contributed by atoms with E-state index in [4.69, 9.17) is 0 Å². The summed E-state index contributed by atoms with van der Waals surface area (Å²) < 4.78 is 41.2. The third kappa shape index (κ3) is 4.38. The van der Waals surface area contributed by atoms with E-state index in [0.29, 0.717) is 16.1 Å². The van der Waals surface area contributed by atoms with Crippen molar-refractivity contribution in [3.8, 4) is 5.69 Å². The van der Waals surface area contributed by atoms with Crippen LogP contribution in [-0.2, 0) is 11.0 Å². The molecule has 0 spiro atoms. The summed E-state index contributed by atoms with van der Waals surface area (Å²) in [5.41, 5.74) is 0.215. The van der Waals surface area contributed by atoms with E-state index < -0.39 is 22.9 Å². The predicted molar refractivity (Wildman–Crippen MR) is 112 cm³/mol. The average molecular weight is 443 g/mol. The molecular formula is C21H16F3N5OS. The first kappa shape index (κ1) is 20.9. The second-order valence-electron chi connectivity index (χ2n) is 6.60. The lowest BCUT2D eigenvalue weighted by molar-refractivity contribution is -0.137. The van der Waals surface area contributed by atoms with Crippen LogP contribution in [0.1, 0.15) is 12.5 Å². The normalized spacial score (nSPS) is 12.6. The molecule has 0 saturated carbocycles. The molecule has 158 valence electrons. The second-order valence-corrected chi connectivity index (χ2v) is 7.93. The number of benzene rings is 2. The molecule has 0 fully saturated rings. The number of nitrogens with zero attached hydrogens (tertiary/aromatic N) is 4. The largest absolute Gasteiger partial charge is 0.418 e. The van der Waals surface area contributed by atoms with Crippen molar-refractivity contribution < 1.29 is 18.0 Å². The Hall–Kier alpha value is -3.40. The number of carbonyl (C=O) groups excluding carboxylic acids is 1. The lowest BCUT2D eigenvalue weighted by Crippen LogP contribution is -2.24. The molecule has 1 unspecified atom stereocenters. The standard InChI is InChI=1S/C21H16F3N5OS/c1-13(19(30)28-17-10-6-5-9-16(17)21(22,23)24)31-20-15-11-27-29(18(15)25-12-26-20)14-7-3-2-4-8-14/h2-13H,1H3,(H,28,30). The molecule has 2 aromatic heterocycles. The van der Waals surface area contributed by atoms with Crippen molar-refractivity contribution in [2.45, 2.75) is 23.4 Å². The van der Waals surface area contributed by atoms with Gasteiger partial charge >= 0.3 is 6.18 Å². The highest BCUT2D eigenvalue weighted by Crippen LogP contribution is 2.35. The Kier molecular flexibility index (Phi) is 5.64. The van der Waals surface area contributed by atoms with Crippen LogP contribution in [0.15, 0.2) is 72.1 Å². The number of amides is 1. The number of nitrogens with one attached hydrogen (secondary N) is 1. The van der Waals surface area contributed by atoms with Gasteiger partial charge < -0.3 is 5.32 Å². The van der Waals surface area contributed by atoms with Gasteiger partial charge in [0.2, 0.25) is 5.91 Å². The highest BCUT2D eigenvalue weighted by molar-refractivity contribution is 8.00. The molecule has 10 heteroatoms. The summed E-state index contributed by atoms with van der Waals surface area (Å²) in [6.07, 6.45) is -1.59. The lowest BCUT2D eigenvalue weighted by Gasteiger charge is -2.16. The smallest absolute Gasteiger partial charge is 0.325 e. The van der Waals surface area contributed by atoms with Crippen molar-refractivity contribution in [1.29, 1.82) is 0 Å². The van der Waals surface area contributed by atoms with Gasteiger partial charge in [-0.3, -0.25) is 4.79 Å². The first-order valence-electron chi connectivity index (χ1n) is 9.22. The number of halogens is 3. The fraction of sp³-hybridized carbons (Fsp3) is 0.143. The number of thioether (sulfide) groups is 1. The number of alkyl halides is 3. The van der Waals surface area contributed by atoms with Crippen LogP contribution in [-0.4, -0.2) is 30.9 Å². The zero-order chi connectivity index (χ0) is 22.0. The van der Waals surface area contributed by atoms with E-state index >= 15 is 0 Å². The highest BCUT2D eigenvalue weighted by Gasteiger charge is 2.34. The van der Waals surface area contributed by atoms with E-state index in [1.54, 1.807) is 17.8 Å². The molecule has 1 N–H and O–H groups in total. The predicted octanol–water partition coefficient (Wildman–Crippen LogP) is 4.95. The van der Waals surface area contributed by atoms with E-state index in [9.17, 15) is 18.0 Å². The van der Waals surface area contributed by atoms with Crippen LogP contribution in [0.2, 0.25) is 0 Å². The summed E-state index contributed by atoms with van der Waals surface area (Å²) in [4.78, 5) is 21.1. The van der Waals surface area contributed by atoms with E-state index in [1.807, 2.05) is 30.3 Å². The topological polar surface area (TPSA) is 72.7 Å². The van der Waals surface area contributed by atoms with E-state index in [0.717, 1.165) is 23.5 Å². The number of para-hydroxylation sites is 2. The van der Waals surface area contributed by atoms with Crippen LogP contribution in [0, 0.1) is 0 Å². The summed E-state index contributed by atoms with van der Waals surface area (Å²) in [7, 11) is 0. The molecule has 0 aliphatic rings. The second kappa shape index (κ2) is 8.38. The molecule has 1 atom stereocenters. The Morgan fingerprint density at radius 3 is 2.52 bits per heavy atom. The molecule has 4 aromatic rings. The molecule has 2 aromatic carbocycles. The summed E-state index contributed by atoms with van der Waals surface area (Å²) in [6, 6.07) is 14.3. The van der Waals surface area contributed by atoms with Crippen molar-refractivity contribution in [2.24, 2.45) is 0 Å². The molecule has 2 heterocycles. The van der Waals surface area contributed by atoms with Gasteiger partial charge in [-0.15, -0.1) is 0 Å². The molecule has 6 nitrogen and oxygen atoms in total. The van der Waals surface area contributed by atoms with Gasteiger partial charge in [0.05, 0.1) is 33.8 Å². The van der Waals surface area contributed by atoms with Gasteiger partial charge in [0.15, 0.2) is 5.65 Å². The Morgan fingerprint density at radius 1 is 1.06 bits per heavy atom. The minimum absolute atomic E-state index is 0.280. The van der Waals surface area contributed by atoms with Crippen molar-refractivity contribution in [3.05, 3.63) is 72.7 Å². The van der Waals surface area contributed by atoms with Gasteiger partial charge in [-0.1, -0.05) is 42.1 Å². The van der Waals surface area contributed by atoms with Crippen LogP contribution in [0.3, 0.4) is 0 Å². The molecule has 0 aliphatic heterocycles. The Bertz CT molecular complexity index is 1230. The molecule has 0 radical (unpaired) electrons. The van der Waals surface area contributed by atoms with Crippen LogP contribution >= 0.6 is 11.8 Å². The van der Waals surface area contributed by atoms with E-state index in [1.165, 1.54) is 24.5 Å². The summed E-state index contributed by atoms with van der Waals surface area (Å²) in [5.74, 6) is -0.566. The summed E-state index contributed by atoms with van der Waals surface area (Å²) in [6.45, 7) is 1.60. The molecular weight excluding hydrogens is 427 g/mol. The molecule has 1 amide bonds. The number of hydrogen-bond acceptors (Lipinski definition) is 5. The van der Waals surface area contributed by atoms with Gasteiger partial charge in [-0.25, -0.2) is 14.6 Å².